The van der Waals surface area contributed by atoms with Gasteiger partial charge in [-0.05, 0) is 127 Å². The molecule has 9 aromatic rings. The predicted octanol–water partition coefficient (Wildman–Crippen LogP) is 14.2. The maximum atomic E-state index is 2.44. The van der Waals surface area contributed by atoms with Crippen LogP contribution in [0.3, 0.4) is 0 Å². The lowest BCUT2D eigenvalue weighted by Crippen LogP contribution is -2.16. The zero-order valence-corrected chi connectivity index (χ0v) is 30.0. The summed E-state index contributed by atoms with van der Waals surface area (Å²) in [5.41, 5.74) is 16.9. The summed E-state index contributed by atoms with van der Waals surface area (Å²) >= 11 is 1.87. The fourth-order valence-corrected chi connectivity index (χ4v) is 10.2. The van der Waals surface area contributed by atoms with Crippen LogP contribution in [-0.2, 0) is 11.8 Å². The van der Waals surface area contributed by atoms with E-state index < -0.39 is 0 Å². The SMILES string of the molecule is CC1(C)c2ccccc2-c2ccc(N(c3ccc(-c4ccc5ccc6c(c5c4)-c4ccccc4C6)cc3)c3ccc4sc5ccccc5c4c3)cc21. The molecule has 8 aromatic carbocycles. The van der Waals surface area contributed by atoms with E-state index in [0.29, 0.717) is 0 Å². The summed E-state index contributed by atoms with van der Waals surface area (Å²) in [6, 6.07) is 61.4. The minimum atomic E-state index is -0.0816. The molecule has 0 amide bonds. The van der Waals surface area contributed by atoms with E-state index >= 15 is 0 Å². The van der Waals surface area contributed by atoms with Gasteiger partial charge in [0.1, 0.15) is 0 Å². The highest BCUT2D eigenvalue weighted by atomic mass is 32.1. The molecule has 0 atom stereocenters. The minimum absolute atomic E-state index is 0.0816. The predicted molar refractivity (Wildman–Crippen MR) is 223 cm³/mol. The molecule has 0 saturated carbocycles. The highest BCUT2D eigenvalue weighted by molar-refractivity contribution is 7.25. The molecule has 11 rings (SSSR count). The first kappa shape index (κ1) is 29.7. The molecule has 0 fully saturated rings. The molecule has 1 aromatic heterocycles. The van der Waals surface area contributed by atoms with Gasteiger partial charge in [-0.15, -0.1) is 11.3 Å². The monoisotopic (exact) mass is 681 g/mol. The zero-order valence-electron chi connectivity index (χ0n) is 29.2. The van der Waals surface area contributed by atoms with Crippen molar-refractivity contribution in [3.05, 3.63) is 186 Å². The van der Waals surface area contributed by atoms with E-state index in [9.17, 15) is 0 Å². The van der Waals surface area contributed by atoms with Crippen molar-refractivity contribution in [3.63, 3.8) is 0 Å². The quantitative estimate of drug-likeness (QED) is 0.179. The van der Waals surface area contributed by atoms with Crippen LogP contribution in [0.2, 0.25) is 0 Å². The lowest BCUT2D eigenvalue weighted by atomic mass is 9.82. The molecule has 2 aliphatic carbocycles. The molecule has 0 aliphatic heterocycles. The average molecular weight is 682 g/mol. The second-order valence-corrected chi connectivity index (χ2v) is 16.0. The normalized spacial score (nSPS) is 13.7. The van der Waals surface area contributed by atoms with Gasteiger partial charge >= 0.3 is 0 Å². The van der Waals surface area contributed by atoms with E-state index in [-0.39, 0.29) is 5.41 Å². The first-order chi connectivity index (χ1) is 25.5. The van der Waals surface area contributed by atoms with Gasteiger partial charge in [-0.25, -0.2) is 0 Å². The van der Waals surface area contributed by atoms with E-state index in [1.807, 2.05) is 11.3 Å². The molecule has 2 heteroatoms. The van der Waals surface area contributed by atoms with Crippen molar-refractivity contribution in [1.82, 2.24) is 0 Å². The van der Waals surface area contributed by atoms with E-state index in [2.05, 4.69) is 183 Å². The van der Waals surface area contributed by atoms with Gasteiger partial charge in [0, 0.05) is 42.6 Å². The summed E-state index contributed by atoms with van der Waals surface area (Å²) in [4.78, 5) is 2.44. The molecular weight excluding hydrogens is 647 g/mol. The molecule has 0 bridgehead atoms. The van der Waals surface area contributed by atoms with E-state index in [4.69, 9.17) is 0 Å². The van der Waals surface area contributed by atoms with Crippen LogP contribution in [0.5, 0.6) is 0 Å². The highest BCUT2D eigenvalue weighted by Crippen LogP contribution is 2.51. The molecular formula is C50H35NS. The molecule has 0 radical (unpaired) electrons. The van der Waals surface area contributed by atoms with Gasteiger partial charge in [-0.1, -0.05) is 123 Å². The number of hydrogen-bond donors (Lipinski definition) is 0. The van der Waals surface area contributed by atoms with Crippen molar-refractivity contribution < 1.29 is 0 Å². The molecule has 1 nitrogen and oxygen atoms in total. The summed E-state index contributed by atoms with van der Waals surface area (Å²) in [5.74, 6) is 0. The Morgan fingerprint density at radius 3 is 2.04 bits per heavy atom. The third-order valence-corrected chi connectivity index (χ3v) is 12.8. The zero-order chi connectivity index (χ0) is 34.6. The van der Waals surface area contributed by atoms with Gasteiger partial charge in [-0.3, -0.25) is 0 Å². The average Bonchev–Trinajstić information content (AvgIpc) is 3.83. The molecule has 52 heavy (non-hydrogen) atoms. The molecule has 0 spiro atoms. The third kappa shape index (κ3) is 4.34. The Morgan fingerprint density at radius 1 is 0.462 bits per heavy atom. The van der Waals surface area contributed by atoms with Gasteiger partial charge in [0.05, 0.1) is 0 Å². The van der Waals surface area contributed by atoms with Crippen LogP contribution in [0, 0.1) is 0 Å². The Balaban J connectivity index is 1.05. The summed E-state index contributed by atoms with van der Waals surface area (Å²) in [6.45, 7) is 4.73. The van der Waals surface area contributed by atoms with Crippen molar-refractivity contribution in [2.75, 3.05) is 4.90 Å². The lowest BCUT2D eigenvalue weighted by Gasteiger charge is -2.28. The molecule has 0 unspecified atom stereocenters. The summed E-state index contributed by atoms with van der Waals surface area (Å²) in [7, 11) is 0. The highest BCUT2D eigenvalue weighted by Gasteiger charge is 2.35. The number of thiophene rings is 1. The standard InChI is InChI=1S/C50H35NS/c1-50(2)45-13-7-5-11-40(45)41-25-23-38(30-46(41)50)51(37-24-26-48-44(29-37)42-12-6-8-14-47(42)52-48)36-21-19-31(20-22-36)33-17-15-32-16-18-35-27-34-9-3-4-10-39(34)49(35)43(32)28-33/h3-26,28-30H,27H2,1-2H3. The Kier molecular flexibility index (Phi) is 6.30. The van der Waals surface area contributed by atoms with Gasteiger partial charge in [0.2, 0.25) is 0 Å². The van der Waals surface area contributed by atoms with Crippen LogP contribution >= 0.6 is 11.3 Å². The van der Waals surface area contributed by atoms with Gasteiger partial charge in [0.25, 0.3) is 0 Å². The van der Waals surface area contributed by atoms with Crippen LogP contribution in [0.25, 0.3) is 64.3 Å². The van der Waals surface area contributed by atoms with Crippen molar-refractivity contribution >= 4 is 59.3 Å². The third-order valence-electron chi connectivity index (χ3n) is 11.7. The topological polar surface area (TPSA) is 3.24 Å². The second kappa shape index (κ2) is 11.0. The minimum Gasteiger partial charge on any atom is -0.310 e. The first-order valence-electron chi connectivity index (χ1n) is 18.2. The summed E-state index contributed by atoms with van der Waals surface area (Å²) in [6.07, 6.45) is 1.01. The Hall–Kier alpha value is -5.96. The summed E-state index contributed by atoms with van der Waals surface area (Å²) in [5, 5.41) is 5.25. The maximum Gasteiger partial charge on any atom is 0.0468 e. The number of benzene rings is 8. The lowest BCUT2D eigenvalue weighted by molar-refractivity contribution is 0.660. The number of fused-ring (bicyclic) bond motifs is 11. The Labute approximate surface area is 308 Å². The van der Waals surface area contributed by atoms with E-state index in [0.717, 1.165) is 17.8 Å². The van der Waals surface area contributed by atoms with Crippen molar-refractivity contribution in [1.29, 1.82) is 0 Å². The number of hydrogen-bond acceptors (Lipinski definition) is 2. The van der Waals surface area contributed by atoms with Gasteiger partial charge in [-0.2, -0.15) is 0 Å². The van der Waals surface area contributed by atoms with Crippen LogP contribution in [-0.4, -0.2) is 0 Å². The number of rotatable bonds is 4. The van der Waals surface area contributed by atoms with E-state index in [1.165, 1.54) is 92.3 Å². The molecule has 2 aliphatic rings. The van der Waals surface area contributed by atoms with Crippen LogP contribution in [0.4, 0.5) is 17.1 Å². The van der Waals surface area contributed by atoms with E-state index in [1.54, 1.807) is 0 Å². The number of nitrogens with zero attached hydrogens (tertiary/aromatic N) is 1. The molecule has 0 N–H and O–H groups in total. The van der Waals surface area contributed by atoms with Gasteiger partial charge in [0.15, 0.2) is 0 Å². The largest absolute Gasteiger partial charge is 0.310 e. The first-order valence-corrected chi connectivity index (χ1v) is 19.0. The number of anilines is 3. The maximum absolute atomic E-state index is 2.44. The van der Waals surface area contributed by atoms with Crippen LogP contribution < -0.4 is 4.90 Å². The second-order valence-electron chi connectivity index (χ2n) is 14.9. The van der Waals surface area contributed by atoms with Crippen molar-refractivity contribution in [2.24, 2.45) is 0 Å². The molecule has 1 heterocycles. The van der Waals surface area contributed by atoms with Gasteiger partial charge < -0.3 is 4.90 Å². The summed E-state index contributed by atoms with van der Waals surface area (Å²) < 4.78 is 2.64. The fourth-order valence-electron chi connectivity index (χ4n) is 9.07. The fraction of sp³-hybridized carbons (Fsp3) is 0.0800. The Morgan fingerprint density at radius 2 is 1.13 bits per heavy atom. The van der Waals surface area contributed by atoms with Crippen molar-refractivity contribution in [2.45, 2.75) is 25.7 Å². The van der Waals surface area contributed by atoms with Crippen LogP contribution in [0.15, 0.2) is 164 Å². The molecule has 246 valence electrons. The Bertz CT molecular complexity index is 2910. The molecule has 0 saturated heterocycles. The van der Waals surface area contributed by atoms with Crippen molar-refractivity contribution in [3.8, 4) is 33.4 Å². The smallest absolute Gasteiger partial charge is 0.0468 e. The van der Waals surface area contributed by atoms with Crippen LogP contribution in [0.1, 0.15) is 36.1 Å².